The average Bonchev–Trinajstić information content (AvgIpc) is 2.45. The molecule has 0 atom stereocenters. The van der Waals surface area contributed by atoms with E-state index in [1.807, 2.05) is 12.1 Å². The van der Waals surface area contributed by atoms with Crippen LogP contribution < -0.4 is 10.1 Å². The number of hydrogen-bond donors (Lipinski definition) is 1. The average molecular weight is 327 g/mol. The molecule has 6 heteroatoms. The standard InChI is InChI=1S/C15H16Cl2N2O2/c1-20-5-4-18-8-11-2-3-13(7-15(11)17)21-14-6-12(16)9-19-10-14/h2-3,6-7,9-10,18H,4-5,8H2,1H3. The molecule has 0 spiro atoms. The third-order valence-electron chi connectivity index (χ3n) is 2.74. The van der Waals surface area contributed by atoms with Crippen LogP contribution in [0.4, 0.5) is 0 Å². The Morgan fingerprint density at radius 2 is 2.00 bits per heavy atom. The molecule has 0 saturated heterocycles. The van der Waals surface area contributed by atoms with Gasteiger partial charge in [-0.05, 0) is 17.7 Å². The summed E-state index contributed by atoms with van der Waals surface area (Å²) >= 11 is 12.1. The molecule has 0 aliphatic carbocycles. The van der Waals surface area contributed by atoms with Crippen molar-refractivity contribution in [3.63, 3.8) is 0 Å². The maximum absolute atomic E-state index is 6.25. The zero-order chi connectivity index (χ0) is 15.1. The summed E-state index contributed by atoms with van der Waals surface area (Å²) in [6.45, 7) is 2.13. The van der Waals surface area contributed by atoms with Crippen molar-refractivity contribution >= 4 is 23.2 Å². The highest BCUT2D eigenvalue weighted by Gasteiger charge is 2.04. The predicted molar refractivity (Wildman–Crippen MR) is 84.4 cm³/mol. The molecule has 1 aromatic heterocycles. The van der Waals surface area contributed by atoms with Crippen molar-refractivity contribution in [2.45, 2.75) is 6.54 Å². The zero-order valence-electron chi connectivity index (χ0n) is 11.6. The quantitative estimate of drug-likeness (QED) is 0.783. The Hall–Kier alpha value is -1.33. The van der Waals surface area contributed by atoms with Crippen LogP contribution in [0, 0.1) is 0 Å². The summed E-state index contributed by atoms with van der Waals surface area (Å²) in [4.78, 5) is 3.97. The molecule has 0 fully saturated rings. The minimum absolute atomic E-state index is 0.526. The molecule has 112 valence electrons. The number of ether oxygens (including phenoxy) is 2. The van der Waals surface area contributed by atoms with Crippen molar-refractivity contribution in [3.05, 3.63) is 52.3 Å². The van der Waals surface area contributed by atoms with E-state index < -0.39 is 0 Å². The van der Waals surface area contributed by atoms with Crippen molar-refractivity contribution in [2.24, 2.45) is 0 Å². The molecule has 1 heterocycles. The van der Waals surface area contributed by atoms with Crippen molar-refractivity contribution < 1.29 is 9.47 Å². The molecule has 0 aliphatic heterocycles. The van der Waals surface area contributed by atoms with Crippen LogP contribution in [-0.2, 0) is 11.3 Å². The lowest BCUT2D eigenvalue weighted by atomic mass is 10.2. The Balaban J connectivity index is 1.98. The monoisotopic (exact) mass is 326 g/mol. The minimum atomic E-state index is 0.526. The van der Waals surface area contributed by atoms with Gasteiger partial charge in [-0.2, -0.15) is 0 Å². The van der Waals surface area contributed by atoms with E-state index in [1.54, 1.807) is 31.6 Å². The van der Waals surface area contributed by atoms with Gasteiger partial charge in [0.25, 0.3) is 0 Å². The van der Waals surface area contributed by atoms with E-state index in [4.69, 9.17) is 32.7 Å². The van der Waals surface area contributed by atoms with Gasteiger partial charge in [-0.25, -0.2) is 0 Å². The summed E-state index contributed by atoms with van der Waals surface area (Å²) in [5.74, 6) is 1.22. The predicted octanol–water partition coefficient (Wildman–Crippen LogP) is 3.92. The van der Waals surface area contributed by atoms with Gasteiger partial charge in [0.15, 0.2) is 0 Å². The Morgan fingerprint density at radius 3 is 2.71 bits per heavy atom. The van der Waals surface area contributed by atoms with Gasteiger partial charge in [0.2, 0.25) is 0 Å². The maximum Gasteiger partial charge on any atom is 0.147 e. The molecule has 0 saturated carbocycles. The Morgan fingerprint density at radius 1 is 1.14 bits per heavy atom. The lowest BCUT2D eigenvalue weighted by Gasteiger charge is -2.09. The summed E-state index contributed by atoms with van der Waals surface area (Å²) in [5, 5.41) is 4.41. The van der Waals surface area contributed by atoms with Crippen molar-refractivity contribution in [3.8, 4) is 11.5 Å². The van der Waals surface area contributed by atoms with Crippen LogP contribution >= 0.6 is 23.2 Å². The maximum atomic E-state index is 6.25. The van der Waals surface area contributed by atoms with Crippen LogP contribution in [0.15, 0.2) is 36.7 Å². The van der Waals surface area contributed by atoms with Gasteiger partial charge in [0, 0.05) is 37.5 Å². The normalized spacial score (nSPS) is 10.6. The van der Waals surface area contributed by atoms with Crippen LogP contribution in [0.2, 0.25) is 10.0 Å². The molecule has 0 amide bonds. The van der Waals surface area contributed by atoms with Gasteiger partial charge in [-0.1, -0.05) is 29.3 Å². The first-order valence-corrected chi connectivity index (χ1v) is 7.21. The van der Waals surface area contributed by atoms with E-state index in [-0.39, 0.29) is 0 Å². The second-order valence-corrected chi connectivity index (χ2v) is 5.21. The fourth-order valence-corrected chi connectivity index (χ4v) is 2.12. The largest absolute Gasteiger partial charge is 0.456 e. The Kier molecular flexibility index (Phi) is 6.26. The molecule has 4 nitrogen and oxygen atoms in total. The molecule has 0 bridgehead atoms. The molecule has 0 radical (unpaired) electrons. The third kappa shape index (κ3) is 5.17. The summed E-state index contributed by atoms with van der Waals surface area (Å²) < 4.78 is 10.6. The van der Waals surface area contributed by atoms with E-state index in [0.29, 0.717) is 34.7 Å². The van der Waals surface area contributed by atoms with Gasteiger partial charge < -0.3 is 14.8 Å². The molecule has 21 heavy (non-hydrogen) atoms. The number of benzene rings is 1. The lowest BCUT2D eigenvalue weighted by molar-refractivity contribution is 0.199. The Bertz CT molecular complexity index is 594. The molecular weight excluding hydrogens is 311 g/mol. The number of pyridine rings is 1. The number of rotatable bonds is 7. The van der Waals surface area contributed by atoms with Crippen molar-refractivity contribution in [1.29, 1.82) is 0 Å². The topological polar surface area (TPSA) is 43.4 Å². The van der Waals surface area contributed by atoms with Crippen LogP contribution in [-0.4, -0.2) is 25.2 Å². The molecule has 0 aliphatic rings. The molecule has 1 aromatic carbocycles. The van der Waals surface area contributed by atoms with E-state index in [9.17, 15) is 0 Å². The summed E-state index contributed by atoms with van der Waals surface area (Å²) in [6, 6.07) is 7.26. The van der Waals surface area contributed by atoms with E-state index in [2.05, 4.69) is 10.3 Å². The molecule has 1 N–H and O–H groups in total. The second-order valence-electron chi connectivity index (χ2n) is 4.36. The van der Waals surface area contributed by atoms with E-state index in [0.717, 1.165) is 12.1 Å². The first kappa shape index (κ1) is 16.0. The van der Waals surface area contributed by atoms with Crippen molar-refractivity contribution in [1.82, 2.24) is 10.3 Å². The lowest BCUT2D eigenvalue weighted by Crippen LogP contribution is -2.18. The first-order valence-electron chi connectivity index (χ1n) is 6.45. The first-order chi connectivity index (χ1) is 10.2. The highest BCUT2D eigenvalue weighted by Crippen LogP contribution is 2.27. The van der Waals surface area contributed by atoms with Crippen LogP contribution in [0.25, 0.3) is 0 Å². The minimum Gasteiger partial charge on any atom is -0.456 e. The molecule has 2 aromatic rings. The molecular formula is C15H16Cl2N2O2. The van der Waals surface area contributed by atoms with Gasteiger partial charge in [-0.3, -0.25) is 4.98 Å². The van der Waals surface area contributed by atoms with E-state index >= 15 is 0 Å². The SMILES string of the molecule is COCCNCc1ccc(Oc2cncc(Cl)c2)cc1Cl. The van der Waals surface area contributed by atoms with Crippen molar-refractivity contribution in [2.75, 3.05) is 20.3 Å². The zero-order valence-corrected chi connectivity index (χ0v) is 13.1. The van der Waals surface area contributed by atoms with Crippen LogP contribution in [0.3, 0.4) is 0 Å². The second kappa shape index (κ2) is 8.20. The highest BCUT2D eigenvalue weighted by atomic mass is 35.5. The fourth-order valence-electron chi connectivity index (χ4n) is 1.72. The Labute approximate surface area is 134 Å². The number of nitrogens with one attached hydrogen (secondary N) is 1. The van der Waals surface area contributed by atoms with Gasteiger partial charge >= 0.3 is 0 Å². The van der Waals surface area contributed by atoms with Crippen LogP contribution in [0.5, 0.6) is 11.5 Å². The smallest absolute Gasteiger partial charge is 0.147 e. The van der Waals surface area contributed by atoms with Crippen LogP contribution in [0.1, 0.15) is 5.56 Å². The summed E-state index contributed by atoms with van der Waals surface area (Å²) in [6.07, 6.45) is 3.15. The third-order valence-corrected chi connectivity index (χ3v) is 3.30. The number of nitrogens with zero attached hydrogens (tertiary/aromatic N) is 1. The molecule has 0 unspecified atom stereocenters. The summed E-state index contributed by atoms with van der Waals surface area (Å²) in [5.41, 5.74) is 1.00. The number of hydrogen-bond acceptors (Lipinski definition) is 4. The number of aromatic nitrogens is 1. The number of halogens is 2. The fraction of sp³-hybridized carbons (Fsp3) is 0.267. The molecule has 2 rings (SSSR count). The van der Waals surface area contributed by atoms with Gasteiger partial charge in [-0.15, -0.1) is 0 Å². The summed E-state index contributed by atoms with van der Waals surface area (Å²) in [7, 11) is 1.67. The van der Waals surface area contributed by atoms with Gasteiger partial charge in [0.1, 0.15) is 11.5 Å². The van der Waals surface area contributed by atoms with E-state index in [1.165, 1.54) is 0 Å². The van der Waals surface area contributed by atoms with Gasteiger partial charge in [0.05, 0.1) is 17.8 Å². The number of methoxy groups -OCH3 is 1. The highest BCUT2D eigenvalue weighted by molar-refractivity contribution is 6.31.